The molecule has 0 bridgehead atoms. The van der Waals surface area contributed by atoms with Crippen molar-refractivity contribution in [3.8, 4) is 0 Å². The van der Waals surface area contributed by atoms with E-state index in [1.165, 1.54) is 14.7 Å². The lowest BCUT2D eigenvalue weighted by Gasteiger charge is -2.35. The van der Waals surface area contributed by atoms with Gasteiger partial charge in [0.15, 0.2) is 0 Å². The summed E-state index contributed by atoms with van der Waals surface area (Å²) >= 11 is 3.21. The van der Waals surface area contributed by atoms with E-state index in [0.717, 1.165) is 105 Å². The zero-order valence-electron chi connectivity index (χ0n) is 36.6. The summed E-state index contributed by atoms with van der Waals surface area (Å²) in [7, 11) is 0. The standard InChI is InChI=1S/C24H24N4O4.C10H8BrNO2.C8H20N4.C4H10N2/c29-21-17-5-1-2-6-18(17)22(30)27(21)15-13-25-9-11-26(12-10-25)14-16-28-23(31)19-7-3-4-8-20(19)24(28)32;11-5-6-12-9(13)7-3-1-2-4-8(7)10(12)14;9-1-3-11-5-7-12(4-2-10)8-6-11;1-2-6-4-3-5-1/h1-8H,9-16H2;1-4H,5-6H2;1-10H2;5-6H,1-4H2. The van der Waals surface area contributed by atoms with Crippen LogP contribution in [0.5, 0.6) is 0 Å². The second-order valence-electron chi connectivity index (χ2n) is 16.1. The molecule has 6 amide bonds. The lowest BCUT2D eigenvalue weighted by molar-refractivity contribution is 0.0570. The van der Waals surface area contributed by atoms with Crippen molar-refractivity contribution >= 4 is 51.4 Å². The van der Waals surface area contributed by atoms with Gasteiger partial charge in [-0.1, -0.05) is 52.3 Å². The molecule has 6 aliphatic heterocycles. The molecule has 64 heavy (non-hydrogen) atoms. The number of benzene rings is 3. The molecule has 0 aromatic heterocycles. The first-order chi connectivity index (χ1) is 31.2. The number of alkyl halides is 1. The van der Waals surface area contributed by atoms with Crippen LogP contribution in [0.15, 0.2) is 72.8 Å². The lowest BCUT2D eigenvalue weighted by Crippen LogP contribution is -2.50. The predicted molar refractivity (Wildman–Crippen MR) is 249 cm³/mol. The summed E-state index contributed by atoms with van der Waals surface area (Å²) in [5.41, 5.74) is 13.9. The van der Waals surface area contributed by atoms with Gasteiger partial charge in [-0.15, -0.1) is 0 Å². The van der Waals surface area contributed by atoms with Crippen LogP contribution in [0.2, 0.25) is 0 Å². The van der Waals surface area contributed by atoms with Gasteiger partial charge in [-0.2, -0.15) is 0 Å². The third-order valence-corrected chi connectivity index (χ3v) is 12.4. The van der Waals surface area contributed by atoms with E-state index < -0.39 is 0 Å². The van der Waals surface area contributed by atoms with E-state index in [0.29, 0.717) is 71.4 Å². The molecule has 17 nitrogen and oxygen atoms in total. The van der Waals surface area contributed by atoms with Crippen molar-refractivity contribution < 1.29 is 28.8 Å². The molecule has 3 saturated heterocycles. The van der Waals surface area contributed by atoms with Gasteiger partial charge in [0, 0.05) is 143 Å². The van der Waals surface area contributed by atoms with Crippen molar-refractivity contribution in [2.45, 2.75) is 0 Å². The van der Waals surface area contributed by atoms with Crippen LogP contribution in [0.25, 0.3) is 0 Å². The van der Waals surface area contributed by atoms with E-state index in [2.05, 4.69) is 46.2 Å². The van der Waals surface area contributed by atoms with Crippen molar-refractivity contribution in [2.24, 2.45) is 11.5 Å². The first-order valence-electron chi connectivity index (χ1n) is 22.3. The van der Waals surface area contributed by atoms with Crippen molar-refractivity contribution in [1.82, 2.24) is 44.9 Å². The van der Waals surface area contributed by atoms with Crippen LogP contribution < -0.4 is 22.1 Å². The number of amides is 6. The minimum Gasteiger partial charge on any atom is -0.329 e. The summed E-state index contributed by atoms with van der Waals surface area (Å²) in [6.45, 7) is 18.5. The van der Waals surface area contributed by atoms with E-state index >= 15 is 0 Å². The maximum Gasteiger partial charge on any atom is 0.261 e. The Kier molecular flexibility index (Phi) is 18.6. The molecule has 3 aromatic rings. The molecule has 0 spiro atoms. The highest BCUT2D eigenvalue weighted by molar-refractivity contribution is 9.09. The number of rotatable bonds is 12. The Balaban J connectivity index is 0.000000173. The van der Waals surface area contributed by atoms with Gasteiger partial charge in [-0.05, 0) is 36.4 Å². The molecule has 0 saturated carbocycles. The van der Waals surface area contributed by atoms with Crippen LogP contribution in [0, 0.1) is 0 Å². The Morgan fingerprint density at radius 1 is 0.375 bits per heavy atom. The zero-order chi connectivity index (χ0) is 45.4. The number of imide groups is 3. The van der Waals surface area contributed by atoms with Crippen molar-refractivity contribution in [3.63, 3.8) is 0 Å². The van der Waals surface area contributed by atoms with Gasteiger partial charge in [0.05, 0.1) is 33.4 Å². The predicted octanol–water partition coefficient (Wildman–Crippen LogP) is 0.575. The Morgan fingerprint density at radius 2 is 0.609 bits per heavy atom. The molecule has 3 fully saturated rings. The molecule has 0 atom stereocenters. The van der Waals surface area contributed by atoms with Crippen LogP contribution >= 0.6 is 15.9 Å². The molecule has 0 unspecified atom stereocenters. The zero-order valence-corrected chi connectivity index (χ0v) is 38.2. The van der Waals surface area contributed by atoms with Gasteiger partial charge in [0.1, 0.15) is 0 Å². The van der Waals surface area contributed by atoms with Crippen molar-refractivity contribution in [2.75, 3.05) is 143 Å². The largest absolute Gasteiger partial charge is 0.329 e. The van der Waals surface area contributed by atoms with Crippen LogP contribution in [0.4, 0.5) is 0 Å². The van der Waals surface area contributed by atoms with E-state index in [4.69, 9.17) is 11.5 Å². The topological polar surface area (TPSA) is 201 Å². The Bertz CT molecular complexity index is 1870. The van der Waals surface area contributed by atoms with Crippen LogP contribution in [-0.2, 0) is 0 Å². The highest BCUT2D eigenvalue weighted by atomic mass is 79.9. The van der Waals surface area contributed by atoms with E-state index in [1.54, 1.807) is 72.8 Å². The summed E-state index contributed by atoms with van der Waals surface area (Å²) < 4.78 is 0. The number of nitrogens with one attached hydrogen (secondary N) is 2. The number of hydrogen-bond donors (Lipinski definition) is 4. The number of carbonyl (C=O) groups is 6. The maximum absolute atomic E-state index is 12.5. The van der Waals surface area contributed by atoms with Crippen LogP contribution in [0.1, 0.15) is 62.1 Å². The quantitative estimate of drug-likeness (QED) is 0.145. The number of nitrogens with two attached hydrogens (primary N) is 2. The Labute approximate surface area is 384 Å². The summed E-state index contributed by atoms with van der Waals surface area (Å²) in [5, 5.41) is 7.05. The fraction of sp³-hybridized carbons (Fsp3) is 0.478. The second-order valence-corrected chi connectivity index (χ2v) is 16.8. The minimum absolute atomic E-state index is 0.190. The molecule has 3 aromatic carbocycles. The maximum atomic E-state index is 12.5. The normalized spacial score (nSPS) is 19.1. The molecule has 344 valence electrons. The monoisotopic (exact) mass is 943 g/mol. The Hall–Kier alpha value is -4.76. The number of carbonyl (C=O) groups excluding carboxylic acids is 6. The first-order valence-corrected chi connectivity index (χ1v) is 23.4. The molecule has 6 aliphatic rings. The second kappa shape index (κ2) is 24.5. The van der Waals surface area contributed by atoms with Gasteiger partial charge in [-0.25, -0.2) is 0 Å². The van der Waals surface area contributed by atoms with Crippen LogP contribution in [0.3, 0.4) is 0 Å². The third-order valence-electron chi connectivity index (χ3n) is 12.0. The van der Waals surface area contributed by atoms with Gasteiger partial charge >= 0.3 is 0 Å². The molecule has 9 rings (SSSR count). The SMILES string of the molecule is C1CNCCN1.NCCN1CCN(CCN)CC1.O=C1c2ccccc2C(=O)N1CCBr.O=C1c2ccccc2C(=O)N1CCN1CCN(CCN2C(=O)c3ccccc3C2=O)CC1. The number of fused-ring (bicyclic) bond motifs is 3. The number of piperazine rings is 3. The molecular weight excluding hydrogens is 882 g/mol. The molecular formula is C46H62BrN11O6. The summed E-state index contributed by atoms with van der Waals surface area (Å²) in [4.78, 5) is 86.6. The number of nitrogens with zero attached hydrogens (tertiary/aromatic N) is 7. The van der Waals surface area contributed by atoms with Gasteiger partial charge in [0.2, 0.25) is 0 Å². The Morgan fingerprint density at radius 3 is 0.828 bits per heavy atom. The lowest BCUT2D eigenvalue weighted by atomic mass is 10.1. The average molecular weight is 945 g/mol. The molecule has 0 aliphatic carbocycles. The number of hydrogen-bond acceptors (Lipinski definition) is 14. The fourth-order valence-electron chi connectivity index (χ4n) is 8.34. The molecule has 6 heterocycles. The van der Waals surface area contributed by atoms with E-state index in [9.17, 15) is 28.8 Å². The van der Waals surface area contributed by atoms with Gasteiger partial charge in [-0.3, -0.25) is 63.1 Å². The molecule has 0 radical (unpaired) electrons. The van der Waals surface area contributed by atoms with Gasteiger partial charge in [0.25, 0.3) is 35.4 Å². The summed E-state index contributed by atoms with van der Waals surface area (Å²) in [5.74, 6) is -1.25. The van der Waals surface area contributed by atoms with Gasteiger partial charge < -0.3 is 22.1 Å². The van der Waals surface area contributed by atoms with Crippen molar-refractivity contribution in [3.05, 3.63) is 106 Å². The molecule has 6 N–H and O–H groups in total. The van der Waals surface area contributed by atoms with E-state index in [1.807, 2.05) is 0 Å². The first kappa shape index (κ1) is 48.7. The summed E-state index contributed by atoms with van der Waals surface area (Å²) in [6.07, 6.45) is 0. The molecule has 18 heteroatoms. The summed E-state index contributed by atoms with van der Waals surface area (Å²) in [6, 6.07) is 20.8. The number of halogens is 1. The smallest absolute Gasteiger partial charge is 0.261 e. The van der Waals surface area contributed by atoms with Crippen LogP contribution in [-0.4, -0.2) is 213 Å². The minimum atomic E-state index is -0.217. The average Bonchev–Trinajstić information content (AvgIpc) is 3.84. The van der Waals surface area contributed by atoms with E-state index in [-0.39, 0.29) is 35.4 Å². The highest BCUT2D eigenvalue weighted by Crippen LogP contribution is 2.24. The van der Waals surface area contributed by atoms with Crippen molar-refractivity contribution in [1.29, 1.82) is 0 Å². The fourth-order valence-corrected chi connectivity index (χ4v) is 8.69. The third kappa shape index (κ3) is 12.3. The highest BCUT2D eigenvalue weighted by Gasteiger charge is 2.37.